The molecule has 134 valence electrons. The van der Waals surface area contributed by atoms with Gasteiger partial charge in [-0.1, -0.05) is 23.4 Å². The van der Waals surface area contributed by atoms with E-state index in [1.54, 1.807) is 37.3 Å². The number of para-hydroxylation sites is 1. The number of rotatable bonds is 6. The SMILES string of the molecule is CCn1c(=O)c(-c2noc(CCC(=O)O)n2)nn(-c2ccccc2)c1=O. The molecule has 0 spiro atoms. The number of aromatic nitrogens is 5. The maximum absolute atomic E-state index is 12.6. The lowest BCUT2D eigenvalue weighted by Gasteiger charge is -2.09. The van der Waals surface area contributed by atoms with Gasteiger partial charge in [-0.05, 0) is 19.1 Å². The molecule has 3 rings (SSSR count). The molecule has 0 amide bonds. The molecular formula is C16H15N5O5. The molecule has 1 N–H and O–H groups in total. The van der Waals surface area contributed by atoms with Crippen LogP contribution in [0, 0.1) is 0 Å². The second-order valence-electron chi connectivity index (χ2n) is 5.33. The summed E-state index contributed by atoms with van der Waals surface area (Å²) in [6, 6.07) is 8.62. The van der Waals surface area contributed by atoms with E-state index in [0.717, 1.165) is 9.25 Å². The first kappa shape index (κ1) is 17.3. The molecule has 0 aliphatic rings. The van der Waals surface area contributed by atoms with Crippen LogP contribution in [0.2, 0.25) is 0 Å². The minimum absolute atomic E-state index is 0.0304. The lowest BCUT2D eigenvalue weighted by Crippen LogP contribution is -2.41. The number of carboxylic acids is 1. The molecule has 0 aliphatic heterocycles. The molecule has 10 heteroatoms. The van der Waals surface area contributed by atoms with Crippen LogP contribution in [-0.2, 0) is 17.8 Å². The summed E-state index contributed by atoms with van der Waals surface area (Å²) < 4.78 is 7.08. The summed E-state index contributed by atoms with van der Waals surface area (Å²) in [5, 5.41) is 16.5. The number of hydrogen-bond donors (Lipinski definition) is 1. The molecule has 1 aromatic carbocycles. The second-order valence-corrected chi connectivity index (χ2v) is 5.33. The third kappa shape index (κ3) is 3.29. The van der Waals surface area contributed by atoms with Crippen LogP contribution >= 0.6 is 0 Å². The van der Waals surface area contributed by atoms with E-state index in [0.29, 0.717) is 5.69 Å². The molecule has 0 unspecified atom stereocenters. The largest absolute Gasteiger partial charge is 0.481 e. The Hall–Kier alpha value is -3.56. The minimum Gasteiger partial charge on any atom is -0.481 e. The number of nitrogens with zero attached hydrogens (tertiary/aromatic N) is 5. The molecule has 0 saturated carbocycles. The maximum Gasteiger partial charge on any atom is 0.352 e. The number of aryl methyl sites for hydroxylation is 1. The molecule has 0 radical (unpaired) electrons. The highest BCUT2D eigenvalue weighted by molar-refractivity contribution is 5.66. The van der Waals surface area contributed by atoms with E-state index in [-0.39, 0.29) is 36.8 Å². The number of hydrogen-bond acceptors (Lipinski definition) is 7. The van der Waals surface area contributed by atoms with Crippen molar-refractivity contribution >= 4 is 5.97 Å². The van der Waals surface area contributed by atoms with Crippen LogP contribution in [0.25, 0.3) is 17.2 Å². The summed E-state index contributed by atoms with van der Waals surface area (Å²) in [6.45, 7) is 1.81. The van der Waals surface area contributed by atoms with E-state index in [2.05, 4.69) is 15.2 Å². The van der Waals surface area contributed by atoms with Crippen molar-refractivity contribution < 1.29 is 14.4 Å². The molecule has 0 atom stereocenters. The van der Waals surface area contributed by atoms with Gasteiger partial charge in [0, 0.05) is 13.0 Å². The van der Waals surface area contributed by atoms with Gasteiger partial charge >= 0.3 is 11.7 Å². The van der Waals surface area contributed by atoms with E-state index < -0.39 is 17.2 Å². The Balaban J connectivity index is 2.12. The Morgan fingerprint density at radius 3 is 2.62 bits per heavy atom. The zero-order valence-corrected chi connectivity index (χ0v) is 13.8. The quantitative estimate of drug-likeness (QED) is 0.673. The molecule has 0 aliphatic carbocycles. The van der Waals surface area contributed by atoms with Crippen molar-refractivity contribution in [1.29, 1.82) is 0 Å². The van der Waals surface area contributed by atoms with Crippen LogP contribution in [0.4, 0.5) is 0 Å². The fraction of sp³-hybridized carbons (Fsp3) is 0.250. The first-order chi connectivity index (χ1) is 12.5. The second kappa shape index (κ2) is 7.13. The molecule has 3 aromatic rings. The Kier molecular flexibility index (Phi) is 4.74. The number of aliphatic carboxylic acids is 1. The van der Waals surface area contributed by atoms with Crippen LogP contribution < -0.4 is 11.2 Å². The van der Waals surface area contributed by atoms with E-state index in [1.165, 1.54) is 0 Å². The summed E-state index contributed by atoms with van der Waals surface area (Å²) in [4.78, 5) is 39.7. The molecule has 0 saturated heterocycles. The Morgan fingerprint density at radius 2 is 1.96 bits per heavy atom. The van der Waals surface area contributed by atoms with Crippen molar-refractivity contribution in [3.63, 3.8) is 0 Å². The lowest BCUT2D eigenvalue weighted by molar-refractivity contribution is -0.137. The van der Waals surface area contributed by atoms with Crippen molar-refractivity contribution in [1.82, 2.24) is 24.5 Å². The Bertz CT molecular complexity index is 1050. The summed E-state index contributed by atoms with van der Waals surface area (Å²) in [6.07, 6.45) is -0.152. The maximum atomic E-state index is 12.6. The van der Waals surface area contributed by atoms with Crippen LogP contribution in [0.3, 0.4) is 0 Å². The summed E-state index contributed by atoms with van der Waals surface area (Å²) in [7, 11) is 0. The van der Waals surface area contributed by atoms with Gasteiger partial charge in [0.05, 0.1) is 12.1 Å². The van der Waals surface area contributed by atoms with E-state index in [1.807, 2.05) is 0 Å². The highest BCUT2D eigenvalue weighted by Gasteiger charge is 2.20. The summed E-state index contributed by atoms with van der Waals surface area (Å²) in [5.41, 5.74) is -0.895. The van der Waals surface area contributed by atoms with Gasteiger partial charge in [0.25, 0.3) is 5.56 Å². The number of carboxylic acid groups (broad SMARTS) is 1. The third-order valence-corrected chi connectivity index (χ3v) is 3.61. The zero-order chi connectivity index (χ0) is 18.7. The normalized spacial score (nSPS) is 10.8. The van der Waals surface area contributed by atoms with Crippen LogP contribution in [0.5, 0.6) is 0 Å². The van der Waals surface area contributed by atoms with Crippen LogP contribution in [0.15, 0.2) is 44.4 Å². The zero-order valence-electron chi connectivity index (χ0n) is 13.8. The van der Waals surface area contributed by atoms with Crippen molar-refractivity contribution in [2.24, 2.45) is 0 Å². The predicted octanol–water partition coefficient (Wildman–Crippen LogP) is 0.481. The van der Waals surface area contributed by atoms with Gasteiger partial charge in [-0.2, -0.15) is 14.8 Å². The van der Waals surface area contributed by atoms with E-state index in [9.17, 15) is 14.4 Å². The van der Waals surface area contributed by atoms with E-state index in [4.69, 9.17) is 9.63 Å². The van der Waals surface area contributed by atoms with Gasteiger partial charge in [-0.15, -0.1) is 0 Å². The van der Waals surface area contributed by atoms with Crippen molar-refractivity contribution in [3.8, 4) is 17.2 Å². The first-order valence-corrected chi connectivity index (χ1v) is 7.85. The third-order valence-electron chi connectivity index (χ3n) is 3.61. The average molecular weight is 357 g/mol. The van der Waals surface area contributed by atoms with Gasteiger partial charge in [-0.3, -0.25) is 14.2 Å². The molecule has 0 bridgehead atoms. The standard InChI is InChI=1S/C16H15N5O5/c1-2-20-15(24)13(14-17-11(26-19-14)8-9-12(22)23)18-21(16(20)25)10-6-4-3-5-7-10/h3-7H,2,8-9H2,1H3,(H,22,23). The van der Waals surface area contributed by atoms with Crippen molar-refractivity contribution in [2.75, 3.05) is 0 Å². The first-order valence-electron chi connectivity index (χ1n) is 7.85. The minimum atomic E-state index is -1.01. The number of carbonyl (C=O) groups is 1. The van der Waals surface area contributed by atoms with Crippen LogP contribution in [0.1, 0.15) is 19.2 Å². The Labute approximate surface area is 146 Å². The van der Waals surface area contributed by atoms with Crippen molar-refractivity contribution in [2.45, 2.75) is 26.3 Å². The monoisotopic (exact) mass is 357 g/mol. The summed E-state index contributed by atoms with van der Waals surface area (Å²) >= 11 is 0. The van der Waals surface area contributed by atoms with Gasteiger partial charge < -0.3 is 9.63 Å². The molecule has 2 heterocycles. The lowest BCUT2D eigenvalue weighted by atomic mass is 10.3. The molecule has 0 fully saturated rings. The van der Waals surface area contributed by atoms with Gasteiger partial charge in [-0.25, -0.2) is 4.79 Å². The number of benzene rings is 1. The Morgan fingerprint density at radius 1 is 1.23 bits per heavy atom. The highest BCUT2D eigenvalue weighted by atomic mass is 16.5. The topological polar surface area (TPSA) is 133 Å². The highest BCUT2D eigenvalue weighted by Crippen LogP contribution is 2.10. The smallest absolute Gasteiger partial charge is 0.352 e. The van der Waals surface area contributed by atoms with Gasteiger partial charge in [0.15, 0.2) is 5.69 Å². The van der Waals surface area contributed by atoms with Crippen LogP contribution in [-0.4, -0.2) is 35.6 Å². The van der Waals surface area contributed by atoms with Crippen molar-refractivity contribution in [3.05, 3.63) is 57.1 Å². The van der Waals surface area contributed by atoms with Gasteiger partial charge in [0.1, 0.15) is 0 Å². The molecule has 26 heavy (non-hydrogen) atoms. The van der Waals surface area contributed by atoms with Gasteiger partial charge in [0.2, 0.25) is 11.7 Å². The molecule has 10 nitrogen and oxygen atoms in total. The average Bonchev–Trinajstić information content (AvgIpc) is 3.10. The fourth-order valence-electron chi connectivity index (χ4n) is 2.34. The van der Waals surface area contributed by atoms with E-state index >= 15 is 0 Å². The fourth-order valence-corrected chi connectivity index (χ4v) is 2.34. The summed E-state index contributed by atoms with van der Waals surface area (Å²) in [5.74, 6) is -1.03. The predicted molar refractivity (Wildman–Crippen MR) is 89.0 cm³/mol. The molecular weight excluding hydrogens is 342 g/mol. The molecule has 2 aromatic heterocycles.